The summed E-state index contributed by atoms with van der Waals surface area (Å²) in [6.45, 7) is 0. The highest BCUT2D eigenvalue weighted by atomic mass is 35.5. The third-order valence-corrected chi connectivity index (χ3v) is 3.43. The van der Waals surface area contributed by atoms with Gasteiger partial charge in [-0.1, -0.05) is 34.8 Å². The van der Waals surface area contributed by atoms with Crippen molar-refractivity contribution >= 4 is 40.7 Å². The fourth-order valence-corrected chi connectivity index (χ4v) is 2.29. The summed E-state index contributed by atoms with van der Waals surface area (Å²) >= 11 is 17.9. The summed E-state index contributed by atoms with van der Waals surface area (Å²) in [6.07, 6.45) is -0.0352. The van der Waals surface area contributed by atoms with E-state index in [4.69, 9.17) is 40.5 Å². The second-order valence-corrected chi connectivity index (χ2v) is 4.94. The Morgan fingerprint density at radius 2 is 1.84 bits per heavy atom. The molecule has 0 aliphatic heterocycles. The molecule has 7 heteroatoms. The van der Waals surface area contributed by atoms with Crippen LogP contribution in [0.15, 0.2) is 24.3 Å². The van der Waals surface area contributed by atoms with Gasteiger partial charge in [-0.15, -0.1) is 10.2 Å². The van der Waals surface area contributed by atoms with Gasteiger partial charge in [0.2, 0.25) is 5.91 Å². The Hall–Kier alpha value is -1.36. The number of benzene rings is 1. The predicted octanol–water partition coefficient (Wildman–Crippen LogP) is 3.13. The molecule has 0 saturated carbocycles. The first kappa shape index (κ1) is 14.1. The lowest BCUT2D eigenvalue weighted by Gasteiger charge is -2.09. The molecular weight excluding hydrogens is 309 g/mol. The molecule has 0 bridgehead atoms. The van der Waals surface area contributed by atoms with Crippen molar-refractivity contribution in [1.82, 2.24) is 10.2 Å². The van der Waals surface area contributed by atoms with Crippen LogP contribution in [-0.2, 0) is 11.2 Å². The molecule has 0 spiro atoms. The Bertz CT molecular complexity index is 629. The minimum atomic E-state index is -0.511. The van der Waals surface area contributed by atoms with E-state index in [1.165, 1.54) is 0 Å². The van der Waals surface area contributed by atoms with E-state index in [9.17, 15) is 4.79 Å². The van der Waals surface area contributed by atoms with Crippen LogP contribution in [0.1, 0.15) is 5.56 Å². The van der Waals surface area contributed by atoms with Gasteiger partial charge in [0.05, 0.1) is 17.1 Å². The van der Waals surface area contributed by atoms with Crippen LogP contribution in [0.3, 0.4) is 0 Å². The standard InChI is InChI=1S/C12H8Cl3N3O/c13-8-2-1-6(9-3-4-10(14)18-17-9)12(15)7(8)5-11(16)19/h1-4H,5H2,(H2,16,19). The molecule has 2 N–H and O–H groups in total. The summed E-state index contributed by atoms with van der Waals surface area (Å²) in [4.78, 5) is 11.0. The zero-order valence-corrected chi connectivity index (χ0v) is 11.8. The number of amides is 1. The Kier molecular flexibility index (Phi) is 4.24. The maximum atomic E-state index is 11.0. The lowest BCUT2D eigenvalue weighted by Crippen LogP contribution is -2.14. The molecule has 19 heavy (non-hydrogen) atoms. The number of halogens is 3. The van der Waals surface area contributed by atoms with Crippen LogP contribution in [0.25, 0.3) is 11.3 Å². The third kappa shape index (κ3) is 3.15. The third-order valence-electron chi connectivity index (χ3n) is 2.44. The normalized spacial score (nSPS) is 10.5. The van der Waals surface area contributed by atoms with Crippen LogP contribution in [-0.4, -0.2) is 16.1 Å². The highest BCUT2D eigenvalue weighted by Crippen LogP contribution is 2.34. The number of rotatable bonds is 3. The van der Waals surface area contributed by atoms with E-state index in [1.54, 1.807) is 24.3 Å². The topological polar surface area (TPSA) is 68.9 Å². The summed E-state index contributed by atoms with van der Waals surface area (Å²) in [6, 6.07) is 6.62. The van der Waals surface area contributed by atoms with Crippen LogP contribution in [0, 0.1) is 0 Å². The molecule has 0 aliphatic rings. The van der Waals surface area contributed by atoms with Crippen molar-refractivity contribution in [3.05, 3.63) is 45.0 Å². The molecule has 2 rings (SSSR count). The van der Waals surface area contributed by atoms with Crippen LogP contribution in [0.2, 0.25) is 15.2 Å². The monoisotopic (exact) mass is 315 g/mol. The molecule has 0 aliphatic carbocycles. The molecule has 0 saturated heterocycles. The highest BCUT2D eigenvalue weighted by Gasteiger charge is 2.15. The fourth-order valence-electron chi connectivity index (χ4n) is 1.59. The molecule has 1 heterocycles. The van der Waals surface area contributed by atoms with E-state index in [1.807, 2.05) is 0 Å². The van der Waals surface area contributed by atoms with Crippen molar-refractivity contribution < 1.29 is 4.79 Å². The van der Waals surface area contributed by atoms with Crippen LogP contribution < -0.4 is 5.73 Å². The van der Waals surface area contributed by atoms with Crippen molar-refractivity contribution in [2.45, 2.75) is 6.42 Å². The number of aromatic nitrogens is 2. The average Bonchev–Trinajstić information content (AvgIpc) is 2.36. The van der Waals surface area contributed by atoms with Gasteiger partial charge in [-0.2, -0.15) is 0 Å². The molecule has 0 fully saturated rings. The molecular formula is C12H8Cl3N3O. The van der Waals surface area contributed by atoms with Gasteiger partial charge in [0.25, 0.3) is 0 Å². The van der Waals surface area contributed by atoms with Gasteiger partial charge in [0.15, 0.2) is 5.15 Å². The second-order valence-electron chi connectivity index (χ2n) is 3.77. The smallest absolute Gasteiger partial charge is 0.221 e. The van der Waals surface area contributed by atoms with Gasteiger partial charge in [-0.3, -0.25) is 4.79 Å². The molecule has 1 amide bonds. The summed E-state index contributed by atoms with van der Waals surface area (Å²) in [7, 11) is 0. The van der Waals surface area contributed by atoms with E-state index < -0.39 is 5.91 Å². The average molecular weight is 317 g/mol. The zero-order valence-electron chi connectivity index (χ0n) is 9.53. The van der Waals surface area contributed by atoms with Crippen molar-refractivity contribution in [1.29, 1.82) is 0 Å². The molecule has 4 nitrogen and oxygen atoms in total. The van der Waals surface area contributed by atoms with Crippen LogP contribution in [0.5, 0.6) is 0 Å². The molecule has 98 valence electrons. The minimum Gasteiger partial charge on any atom is -0.369 e. The van der Waals surface area contributed by atoms with Crippen LogP contribution >= 0.6 is 34.8 Å². The Morgan fingerprint density at radius 1 is 1.11 bits per heavy atom. The highest BCUT2D eigenvalue weighted by molar-refractivity contribution is 6.38. The minimum absolute atomic E-state index is 0.0352. The molecule has 0 atom stereocenters. The van der Waals surface area contributed by atoms with Gasteiger partial charge >= 0.3 is 0 Å². The quantitative estimate of drug-likeness (QED) is 0.946. The van der Waals surface area contributed by atoms with E-state index >= 15 is 0 Å². The molecule has 0 radical (unpaired) electrons. The van der Waals surface area contributed by atoms with Gasteiger partial charge in [-0.05, 0) is 29.8 Å². The lowest BCUT2D eigenvalue weighted by atomic mass is 10.0. The first-order valence-corrected chi connectivity index (χ1v) is 6.37. The Balaban J connectivity index is 2.53. The maximum absolute atomic E-state index is 11.0. The number of nitrogens with two attached hydrogens (primary N) is 1. The Morgan fingerprint density at radius 3 is 2.42 bits per heavy atom. The molecule has 1 aromatic carbocycles. The number of primary amides is 1. The molecule has 1 aromatic heterocycles. The first-order valence-electron chi connectivity index (χ1n) is 5.24. The number of hydrogen-bond acceptors (Lipinski definition) is 3. The summed E-state index contributed by atoms with van der Waals surface area (Å²) in [5.74, 6) is -0.511. The van der Waals surface area contributed by atoms with Crippen LogP contribution in [0.4, 0.5) is 0 Å². The Labute approximate surface area is 124 Å². The van der Waals surface area contributed by atoms with Crippen molar-refractivity contribution in [3.63, 3.8) is 0 Å². The van der Waals surface area contributed by atoms with Gasteiger partial charge in [0.1, 0.15) is 0 Å². The van der Waals surface area contributed by atoms with Gasteiger partial charge in [-0.25, -0.2) is 0 Å². The summed E-state index contributed by atoms with van der Waals surface area (Å²) < 4.78 is 0. The number of carbonyl (C=O) groups excluding carboxylic acids is 1. The van der Waals surface area contributed by atoms with E-state index in [0.717, 1.165) is 0 Å². The largest absolute Gasteiger partial charge is 0.369 e. The first-order chi connectivity index (χ1) is 8.99. The van der Waals surface area contributed by atoms with Crippen molar-refractivity contribution in [2.24, 2.45) is 5.73 Å². The molecule has 0 unspecified atom stereocenters. The SMILES string of the molecule is NC(=O)Cc1c(Cl)ccc(-c2ccc(Cl)nn2)c1Cl. The molecule has 2 aromatic rings. The van der Waals surface area contributed by atoms with Crippen molar-refractivity contribution in [3.8, 4) is 11.3 Å². The lowest BCUT2D eigenvalue weighted by molar-refractivity contribution is -0.117. The second kappa shape index (κ2) is 5.74. The number of hydrogen-bond donors (Lipinski definition) is 1. The zero-order chi connectivity index (χ0) is 14.0. The van der Waals surface area contributed by atoms with E-state index in [0.29, 0.717) is 26.9 Å². The fraction of sp³-hybridized carbons (Fsp3) is 0.0833. The predicted molar refractivity (Wildman–Crippen MR) is 75.4 cm³/mol. The van der Waals surface area contributed by atoms with E-state index in [-0.39, 0.29) is 11.6 Å². The number of carbonyl (C=O) groups is 1. The van der Waals surface area contributed by atoms with Gasteiger partial charge < -0.3 is 5.73 Å². The maximum Gasteiger partial charge on any atom is 0.221 e. The summed E-state index contributed by atoms with van der Waals surface area (Å²) in [5, 5.41) is 8.68. The van der Waals surface area contributed by atoms with E-state index in [2.05, 4.69) is 10.2 Å². The number of nitrogens with zero attached hydrogens (tertiary/aromatic N) is 2. The van der Waals surface area contributed by atoms with Gasteiger partial charge in [0, 0.05) is 10.6 Å². The van der Waals surface area contributed by atoms with Crippen molar-refractivity contribution in [2.75, 3.05) is 0 Å². The summed E-state index contributed by atoms with van der Waals surface area (Å²) in [5.41, 5.74) is 6.80.